The molecular weight excluding hydrogens is 302 g/mol. The highest BCUT2D eigenvalue weighted by atomic mass is 35.5. The van der Waals surface area contributed by atoms with Gasteiger partial charge in [-0.05, 0) is 17.7 Å². The van der Waals surface area contributed by atoms with Gasteiger partial charge in [0.15, 0.2) is 0 Å². The van der Waals surface area contributed by atoms with E-state index in [2.05, 4.69) is 10.6 Å². The summed E-state index contributed by atoms with van der Waals surface area (Å²) in [6, 6.07) is 2.94. The molecule has 1 amide bonds. The van der Waals surface area contributed by atoms with Crippen LogP contribution in [0.25, 0.3) is 0 Å². The third-order valence-corrected chi connectivity index (χ3v) is 6.09. The molecule has 1 aromatic rings. The highest BCUT2D eigenvalue weighted by molar-refractivity contribution is 7.89. The second-order valence-electron chi connectivity index (χ2n) is 5.00. The molecule has 0 spiro atoms. The van der Waals surface area contributed by atoms with E-state index in [-0.39, 0.29) is 28.3 Å². The molecule has 0 atom stereocenters. The van der Waals surface area contributed by atoms with E-state index in [1.165, 1.54) is 16.4 Å². The highest BCUT2D eigenvalue weighted by Crippen LogP contribution is 2.33. The Balaban J connectivity index is 2.01. The van der Waals surface area contributed by atoms with Gasteiger partial charge in [-0.25, -0.2) is 8.42 Å². The van der Waals surface area contributed by atoms with Gasteiger partial charge < -0.3 is 10.6 Å². The van der Waals surface area contributed by atoms with E-state index in [1.54, 1.807) is 7.05 Å². The zero-order chi connectivity index (χ0) is 14.5. The van der Waals surface area contributed by atoms with E-state index < -0.39 is 10.0 Å². The molecule has 2 N–H and O–H groups in total. The Bertz CT molecular complexity index is 685. The molecule has 0 aromatic heterocycles. The van der Waals surface area contributed by atoms with Gasteiger partial charge in [-0.3, -0.25) is 4.79 Å². The van der Waals surface area contributed by atoms with E-state index in [9.17, 15) is 13.2 Å². The number of nitrogens with one attached hydrogen (secondary N) is 2. The molecule has 8 heteroatoms. The molecule has 108 valence electrons. The molecular formula is C12H14ClN3O3S. The zero-order valence-electron chi connectivity index (χ0n) is 10.8. The smallest absolute Gasteiger partial charge is 0.244 e. The first-order valence-corrected chi connectivity index (χ1v) is 8.02. The van der Waals surface area contributed by atoms with Crippen LogP contribution >= 0.6 is 11.6 Å². The summed E-state index contributed by atoms with van der Waals surface area (Å²) < 4.78 is 26.5. The molecule has 1 fully saturated rings. The van der Waals surface area contributed by atoms with Crippen LogP contribution in [0.1, 0.15) is 5.56 Å². The minimum atomic E-state index is -3.65. The fourth-order valence-corrected chi connectivity index (χ4v) is 4.21. The Morgan fingerprint density at radius 2 is 2.05 bits per heavy atom. The third kappa shape index (κ3) is 2.10. The van der Waals surface area contributed by atoms with Crippen molar-refractivity contribution < 1.29 is 13.2 Å². The van der Waals surface area contributed by atoms with Crippen LogP contribution in [0.15, 0.2) is 17.0 Å². The predicted octanol–water partition coefficient (Wildman–Crippen LogP) is 0.427. The molecule has 2 aliphatic rings. The van der Waals surface area contributed by atoms with Gasteiger partial charge >= 0.3 is 0 Å². The number of amides is 1. The molecule has 0 aliphatic carbocycles. The highest BCUT2D eigenvalue weighted by Gasteiger charge is 2.34. The largest absolute Gasteiger partial charge is 0.325 e. The van der Waals surface area contributed by atoms with Gasteiger partial charge in [0.1, 0.15) is 4.90 Å². The molecule has 2 aliphatic heterocycles. The molecule has 0 bridgehead atoms. The van der Waals surface area contributed by atoms with Gasteiger partial charge in [0.25, 0.3) is 0 Å². The van der Waals surface area contributed by atoms with Crippen molar-refractivity contribution in [1.29, 1.82) is 0 Å². The maximum absolute atomic E-state index is 12.6. The number of benzene rings is 1. The molecule has 6 nitrogen and oxygen atoms in total. The summed E-state index contributed by atoms with van der Waals surface area (Å²) in [7, 11) is -2.10. The summed E-state index contributed by atoms with van der Waals surface area (Å²) in [5.74, 6) is -0.151. The number of rotatable bonds is 3. The van der Waals surface area contributed by atoms with Crippen molar-refractivity contribution in [3.63, 3.8) is 0 Å². The topological polar surface area (TPSA) is 78.5 Å². The van der Waals surface area contributed by atoms with Gasteiger partial charge in [0, 0.05) is 31.9 Å². The zero-order valence-corrected chi connectivity index (χ0v) is 12.4. The molecule has 3 rings (SSSR count). The van der Waals surface area contributed by atoms with Gasteiger partial charge in [0.05, 0.1) is 11.4 Å². The summed E-state index contributed by atoms with van der Waals surface area (Å²) in [5.41, 5.74) is 1.25. The number of likely N-dealkylation sites (N-methyl/N-ethyl adjacent to an activating group) is 1. The first-order chi connectivity index (χ1) is 9.39. The Labute approximate surface area is 122 Å². The van der Waals surface area contributed by atoms with E-state index in [0.29, 0.717) is 24.3 Å². The lowest BCUT2D eigenvalue weighted by Gasteiger charge is -2.34. The molecule has 0 saturated carbocycles. The van der Waals surface area contributed by atoms with Crippen molar-refractivity contribution in [3.8, 4) is 0 Å². The van der Waals surface area contributed by atoms with E-state index in [1.807, 2.05) is 0 Å². The molecule has 1 saturated heterocycles. The minimum absolute atomic E-state index is 0.0518. The number of carbonyl (C=O) groups excluding carboxylic acids is 1. The Kier molecular flexibility index (Phi) is 3.24. The number of fused-ring (bicyclic) bond motifs is 1. The van der Waals surface area contributed by atoms with Crippen molar-refractivity contribution in [2.45, 2.75) is 17.4 Å². The van der Waals surface area contributed by atoms with Gasteiger partial charge in [-0.1, -0.05) is 11.6 Å². The maximum atomic E-state index is 12.6. The van der Waals surface area contributed by atoms with Crippen LogP contribution in [0, 0.1) is 0 Å². The van der Waals surface area contributed by atoms with Crippen molar-refractivity contribution in [2.75, 3.05) is 25.5 Å². The second-order valence-corrected chi connectivity index (χ2v) is 7.37. The Morgan fingerprint density at radius 3 is 2.65 bits per heavy atom. The predicted molar refractivity (Wildman–Crippen MR) is 75.4 cm³/mol. The number of sulfonamides is 1. The number of halogens is 1. The fourth-order valence-electron chi connectivity index (χ4n) is 2.31. The molecule has 0 unspecified atom stereocenters. The van der Waals surface area contributed by atoms with Crippen LogP contribution in [0.5, 0.6) is 0 Å². The number of hydrogen-bond acceptors (Lipinski definition) is 4. The Morgan fingerprint density at radius 1 is 1.35 bits per heavy atom. The number of anilines is 1. The van der Waals surface area contributed by atoms with Crippen LogP contribution in [-0.2, 0) is 21.2 Å². The molecule has 0 radical (unpaired) electrons. The average molecular weight is 316 g/mol. The first-order valence-electron chi connectivity index (χ1n) is 6.20. The van der Waals surface area contributed by atoms with Gasteiger partial charge in [-0.15, -0.1) is 0 Å². The lowest BCUT2D eigenvalue weighted by molar-refractivity contribution is -0.115. The maximum Gasteiger partial charge on any atom is 0.244 e. The molecule has 2 heterocycles. The second kappa shape index (κ2) is 4.70. The summed E-state index contributed by atoms with van der Waals surface area (Å²) in [5, 5.41) is 5.81. The summed E-state index contributed by atoms with van der Waals surface area (Å²) >= 11 is 6.08. The lowest BCUT2D eigenvalue weighted by Crippen LogP contribution is -2.57. The normalized spacial score (nSPS) is 18.9. The van der Waals surface area contributed by atoms with Crippen molar-refractivity contribution in [1.82, 2.24) is 9.62 Å². The Hall–Kier alpha value is -1.15. The van der Waals surface area contributed by atoms with Crippen LogP contribution in [0.3, 0.4) is 0 Å². The summed E-state index contributed by atoms with van der Waals surface area (Å²) in [6.07, 6.45) is 0.184. The number of hydrogen-bond donors (Lipinski definition) is 2. The van der Waals surface area contributed by atoms with Gasteiger partial charge in [0.2, 0.25) is 15.9 Å². The summed E-state index contributed by atoms with van der Waals surface area (Å²) in [6.45, 7) is 1.27. The SMILES string of the molecule is CN(C1CNC1)S(=O)(=O)c1cc2c(cc1Cl)NC(=O)C2. The van der Waals surface area contributed by atoms with E-state index in [0.717, 1.165) is 0 Å². The van der Waals surface area contributed by atoms with Crippen molar-refractivity contribution in [3.05, 3.63) is 22.7 Å². The van der Waals surface area contributed by atoms with Crippen LogP contribution < -0.4 is 10.6 Å². The average Bonchev–Trinajstić information content (AvgIpc) is 2.64. The molecule has 20 heavy (non-hydrogen) atoms. The quantitative estimate of drug-likeness (QED) is 0.848. The first kappa shape index (κ1) is 13.8. The minimum Gasteiger partial charge on any atom is -0.325 e. The monoisotopic (exact) mass is 315 g/mol. The van der Waals surface area contributed by atoms with Crippen LogP contribution in [0.4, 0.5) is 5.69 Å². The number of nitrogens with zero attached hydrogens (tertiary/aromatic N) is 1. The van der Waals surface area contributed by atoms with Crippen LogP contribution in [-0.4, -0.2) is 44.8 Å². The van der Waals surface area contributed by atoms with E-state index >= 15 is 0 Å². The lowest BCUT2D eigenvalue weighted by atomic mass is 10.2. The summed E-state index contributed by atoms with van der Waals surface area (Å²) in [4.78, 5) is 11.4. The fraction of sp³-hybridized carbons (Fsp3) is 0.417. The van der Waals surface area contributed by atoms with Crippen LogP contribution in [0.2, 0.25) is 5.02 Å². The van der Waals surface area contributed by atoms with Gasteiger partial charge in [-0.2, -0.15) is 4.31 Å². The van der Waals surface area contributed by atoms with E-state index in [4.69, 9.17) is 11.6 Å². The third-order valence-electron chi connectivity index (χ3n) is 3.71. The molecule has 1 aromatic carbocycles. The van der Waals surface area contributed by atoms with Crippen molar-refractivity contribution in [2.24, 2.45) is 0 Å². The van der Waals surface area contributed by atoms with Crippen molar-refractivity contribution >= 4 is 33.2 Å². The standard InChI is InChI=1S/C12H14ClN3O3S/c1-16(8-5-14-6-8)20(18,19)11-2-7-3-12(17)15-10(7)4-9(11)13/h2,4,8,14H,3,5-6H2,1H3,(H,15,17). The number of carbonyl (C=O) groups is 1.